The lowest BCUT2D eigenvalue weighted by Gasteiger charge is -2.13. The van der Waals surface area contributed by atoms with Crippen LogP contribution in [0.1, 0.15) is 18.1 Å². The van der Waals surface area contributed by atoms with E-state index in [1.165, 1.54) is 6.08 Å². The number of halogens is 1. The standard InChI is InChI=1S/C27H24ClN3O4/c1-3-34-25-15-19(9-12-24(25)35-17-26(32)30-22-7-5-4-6-8-22)14-20(16-29)27(33)31-23-11-10-21(28)13-18(23)2/h4-15H,3,17H2,1-2H3,(H,30,32)(H,31,33)/b20-14+. The summed E-state index contributed by atoms with van der Waals surface area (Å²) in [5, 5.41) is 15.6. The highest BCUT2D eigenvalue weighted by Crippen LogP contribution is 2.30. The molecule has 3 aromatic carbocycles. The van der Waals surface area contributed by atoms with E-state index in [1.54, 1.807) is 48.5 Å². The van der Waals surface area contributed by atoms with Crippen LogP contribution < -0.4 is 20.1 Å². The van der Waals surface area contributed by atoms with Gasteiger partial charge in [-0.2, -0.15) is 5.26 Å². The molecule has 0 radical (unpaired) electrons. The molecule has 0 atom stereocenters. The molecule has 0 saturated heterocycles. The predicted octanol–water partition coefficient (Wildman–Crippen LogP) is 5.61. The van der Waals surface area contributed by atoms with Gasteiger partial charge in [0.1, 0.15) is 11.6 Å². The number of carbonyl (C=O) groups is 2. The van der Waals surface area contributed by atoms with Crippen LogP contribution in [-0.2, 0) is 9.59 Å². The minimum Gasteiger partial charge on any atom is -0.490 e. The largest absolute Gasteiger partial charge is 0.490 e. The molecule has 0 heterocycles. The lowest BCUT2D eigenvalue weighted by molar-refractivity contribution is -0.118. The van der Waals surface area contributed by atoms with Gasteiger partial charge in [-0.15, -0.1) is 0 Å². The Labute approximate surface area is 208 Å². The number of amides is 2. The second kappa shape index (κ2) is 12.3. The highest BCUT2D eigenvalue weighted by atomic mass is 35.5. The molecule has 8 heteroatoms. The van der Waals surface area contributed by atoms with Crippen LogP contribution in [0.25, 0.3) is 6.08 Å². The molecule has 3 rings (SSSR count). The third-order valence-electron chi connectivity index (χ3n) is 4.80. The zero-order valence-electron chi connectivity index (χ0n) is 19.3. The van der Waals surface area contributed by atoms with E-state index in [9.17, 15) is 14.9 Å². The molecule has 2 N–H and O–H groups in total. The van der Waals surface area contributed by atoms with Gasteiger partial charge in [-0.1, -0.05) is 35.9 Å². The zero-order valence-corrected chi connectivity index (χ0v) is 20.1. The number of aryl methyl sites for hydroxylation is 1. The Morgan fingerprint density at radius 2 is 1.77 bits per heavy atom. The van der Waals surface area contributed by atoms with Crippen molar-refractivity contribution < 1.29 is 19.1 Å². The van der Waals surface area contributed by atoms with Crippen LogP contribution in [-0.4, -0.2) is 25.0 Å². The SMILES string of the molecule is CCOc1cc(/C=C(\C#N)C(=O)Nc2ccc(Cl)cc2C)ccc1OCC(=O)Nc1ccccc1. The first-order chi connectivity index (χ1) is 16.9. The van der Waals surface area contributed by atoms with E-state index in [-0.39, 0.29) is 18.1 Å². The van der Waals surface area contributed by atoms with Gasteiger partial charge in [0.15, 0.2) is 18.1 Å². The van der Waals surface area contributed by atoms with Crippen LogP contribution in [0.5, 0.6) is 11.5 Å². The number of hydrogen-bond acceptors (Lipinski definition) is 5. The highest BCUT2D eigenvalue weighted by Gasteiger charge is 2.13. The number of rotatable bonds is 9. The van der Waals surface area contributed by atoms with E-state index in [4.69, 9.17) is 21.1 Å². The Morgan fingerprint density at radius 1 is 1.00 bits per heavy atom. The Hall–Kier alpha value is -4.28. The Balaban J connectivity index is 1.72. The maximum atomic E-state index is 12.7. The number of nitrogens with zero attached hydrogens (tertiary/aromatic N) is 1. The lowest BCUT2D eigenvalue weighted by Crippen LogP contribution is -2.20. The van der Waals surface area contributed by atoms with E-state index in [2.05, 4.69) is 10.6 Å². The van der Waals surface area contributed by atoms with Crippen molar-refractivity contribution in [1.82, 2.24) is 0 Å². The lowest BCUT2D eigenvalue weighted by atomic mass is 10.1. The van der Waals surface area contributed by atoms with Gasteiger partial charge in [-0.05, 0) is 73.5 Å². The van der Waals surface area contributed by atoms with Crippen LogP contribution in [0.15, 0.2) is 72.3 Å². The quantitative estimate of drug-likeness (QED) is 0.300. The third-order valence-corrected chi connectivity index (χ3v) is 5.03. The average molecular weight is 490 g/mol. The minimum absolute atomic E-state index is 0.0855. The molecule has 0 unspecified atom stereocenters. The van der Waals surface area contributed by atoms with Crippen LogP contribution in [0.2, 0.25) is 5.02 Å². The normalized spacial score (nSPS) is 10.7. The number of carbonyl (C=O) groups excluding carboxylic acids is 2. The molecular formula is C27H24ClN3O4. The fraction of sp³-hybridized carbons (Fsp3) is 0.148. The van der Waals surface area contributed by atoms with Crippen LogP contribution in [0, 0.1) is 18.3 Å². The van der Waals surface area contributed by atoms with Gasteiger partial charge in [0.25, 0.3) is 11.8 Å². The summed E-state index contributed by atoms with van der Waals surface area (Å²) < 4.78 is 11.3. The maximum absolute atomic E-state index is 12.7. The second-order valence-electron chi connectivity index (χ2n) is 7.43. The fourth-order valence-corrected chi connectivity index (χ4v) is 3.36. The van der Waals surface area contributed by atoms with E-state index >= 15 is 0 Å². The summed E-state index contributed by atoms with van der Waals surface area (Å²) in [6.07, 6.45) is 1.45. The van der Waals surface area contributed by atoms with Crippen molar-refractivity contribution in [3.05, 3.63) is 88.5 Å². The van der Waals surface area contributed by atoms with Crippen molar-refractivity contribution in [1.29, 1.82) is 5.26 Å². The second-order valence-corrected chi connectivity index (χ2v) is 7.86. The van der Waals surface area contributed by atoms with Crippen LogP contribution in [0.4, 0.5) is 11.4 Å². The number of ether oxygens (including phenoxy) is 2. The molecule has 7 nitrogen and oxygen atoms in total. The number of nitriles is 1. The summed E-state index contributed by atoms with van der Waals surface area (Å²) in [4.78, 5) is 24.9. The minimum atomic E-state index is -0.547. The monoisotopic (exact) mass is 489 g/mol. The van der Waals surface area contributed by atoms with Crippen molar-refractivity contribution in [3.8, 4) is 17.6 Å². The van der Waals surface area contributed by atoms with E-state index in [0.29, 0.717) is 40.1 Å². The molecule has 0 fully saturated rings. The van der Waals surface area contributed by atoms with Crippen molar-refractivity contribution >= 4 is 40.9 Å². The molecule has 0 spiro atoms. The van der Waals surface area contributed by atoms with Gasteiger partial charge >= 0.3 is 0 Å². The molecule has 178 valence electrons. The number of para-hydroxylation sites is 1. The van der Waals surface area contributed by atoms with Crippen molar-refractivity contribution in [3.63, 3.8) is 0 Å². The topological polar surface area (TPSA) is 100 Å². The van der Waals surface area contributed by atoms with Gasteiger partial charge in [0.05, 0.1) is 6.61 Å². The number of nitrogens with one attached hydrogen (secondary N) is 2. The smallest absolute Gasteiger partial charge is 0.266 e. The molecule has 0 aliphatic carbocycles. The summed E-state index contributed by atoms with van der Waals surface area (Å²) >= 11 is 5.96. The first-order valence-corrected chi connectivity index (χ1v) is 11.2. The Morgan fingerprint density at radius 3 is 2.46 bits per heavy atom. The van der Waals surface area contributed by atoms with E-state index in [1.807, 2.05) is 38.1 Å². The van der Waals surface area contributed by atoms with Gasteiger partial charge in [-0.25, -0.2) is 0 Å². The molecule has 2 amide bonds. The number of hydrogen-bond donors (Lipinski definition) is 2. The maximum Gasteiger partial charge on any atom is 0.266 e. The van der Waals surface area contributed by atoms with Gasteiger partial charge in [0, 0.05) is 16.4 Å². The first-order valence-electron chi connectivity index (χ1n) is 10.8. The summed E-state index contributed by atoms with van der Waals surface area (Å²) in [6, 6.07) is 21.0. The van der Waals surface area contributed by atoms with Crippen molar-refractivity contribution in [2.75, 3.05) is 23.8 Å². The average Bonchev–Trinajstić information content (AvgIpc) is 2.84. The summed E-state index contributed by atoms with van der Waals surface area (Å²) in [5.41, 5.74) is 2.49. The summed E-state index contributed by atoms with van der Waals surface area (Å²) in [7, 11) is 0. The Bertz CT molecular complexity index is 1280. The summed E-state index contributed by atoms with van der Waals surface area (Å²) in [6.45, 7) is 3.78. The highest BCUT2D eigenvalue weighted by molar-refractivity contribution is 6.30. The van der Waals surface area contributed by atoms with E-state index < -0.39 is 5.91 Å². The first kappa shape index (κ1) is 25.3. The fourth-order valence-electron chi connectivity index (χ4n) is 3.14. The predicted molar refractivity (Wildman–Crippen MR) is 137 cm³/mol. The molecule has 35 heavy (non-hydrogen) atoms. The third kappa shape index (κ3) is 7.36. The molecule has 3 aromatic rings. The van der Waals surface area contributed by atoms with Crippen LogP contribution >= 0.6 is 11.6 Å². The molecule has 0 saturated carbocycles. The van der Waals surface area contributed by atoms with Gasteiger partial charge in [-0.3, -0.25) is 9.59 Å². The Kier molecular flexibility index (Phi) is 8.88. The van der Waals surface area contributed by atoms with Gasteiger partial charge < -0.3 is 20.1 Å². The molecule has 0 aliphatic rings. The molecule has 0 bridgehead atoms. The van der Waals surface area contributed by atoms with Crippen LogP contribution in [0.3, 0.4) is 0 Å². The molecular weight excluding hydrogens is 466 g/mol. The van der Waals surface area contributed by atoms with Gasteiger partial charge in [0.2, 0.25) is 0 Å². The van der Waals surface area contributed by atoms with E-state index in [0.717, 1.165) is 5.56 Å². The zero-order chi connectivity index (χ0) is 25.2. The number of benzene rings is 3. The molecule has 0 aromatic heterocycles. The summed E-state index contributed by atoms with van der Waals surface area (Å²) in [5.74, 6) is -0.107. The molecule has 0 aliphatic heterocycles. The van der Waals surface area contributed by atoms with Crippen molar-refractivity contribution in [2.24, 2.45) is 0 Å². The number of anilines is 2. The van der Waals surface area contributed by atoms with Crippen molar-refractivity contribution in [2.45, 2.75) is 13.8 Å².